The fourth-order valence-electron chi connectivity index (χ4n) is 3.17. The SMILES string of the molecule is CCc1ccc2c(c1)C(NCc1cccnc1)CC(C)(CC)O2. The molecule has 0 saturated heterocycles. The molecule has 1 aliphatic rings. The van der Waals surface area contributed by atoms with Crippen molar-refractivity contribution in [3.05, 3.63) is 59.4 Å². The fourth-order valence-corrected chi connectivity index (χ4v) is 3.17. The van der Waals surface area contributed by atoms with Crippen LogP contribution in [0.3, 0.4) is 0 Å². The van der Waals surface area contributed by atoms with Gasteiger partial charge < -0.3 is 10.1 Å². The van der Waals surface area contributed by atoms with Gasteiger partial charge in [-0.25, -0.2) is 0 Å². The molecule has 122 valence electrons. The lowest BCUT2D eigenvalue weighted by Gasteiger charge is -2.40. The summed E-state index contributed by atoms with van der Waals surface area (Å²) in [5.41, 5.74) is 3.76. The minimum atomic E-state index is -0.104. The maximum absolute atomic E-state index is 6.30. The molecule has 0 bridgehead atoms. The van der Waals surface area contributed by atoms with Gasteiger partial charge in [0.05, 0.1) is 0 Å². The third-order valence-corrected chi connectivity index (χ3v) is 4.87. The Morgan fingerprint density at radius 2 is 2.13 bits per heavy atom. The van der Waals surface area contributed by atoms with Crippen LogP contribution in [-0.4, -0.2) is 10.6 Å². The van der Waals surface area contributed by atoms with Crippen LogP contribution in [0.25, 0.3) is 0 Å². The number of ether oxygens (including phenoxy) is 1. The number of pyridine rings is 1. The number of rotatable bonds is 5. The van der Waals surface area contributed by atoms with Gasteiger partial charge in [0.2, 0.25) is 0 Å². The largest absolute Gasteiger partial charge is 0.487 e. The zero-order valence-corrected chi connectivity index (χ0v) is 14.3. The van der Waals surface area contributed by atoms with Gasteiger partial charge in [0.1, 0.15) is 11.4 Å². The molecule has 3 rings (SSSR count). The lowest BCUT2D eigenvalue weighted by molar-refractivity contribution is 0.0439. The third-order valence-electron chi connectivity index (χ3n) is 4.87. The van der Waals surface area contributed by atoms with E-state index >= 15 is 0 Å². The summed E-state index contributed by atoms with van der Waals surface area (Å²) in [7, 11) is 0. The van der Waals surface area contributed by atoms with Crippen molar-refractivity contribution in [2.24, 2.45) is 0 Å². The molecule has 3 heteroatoms. The number of nitrogens with one attached hydrogen (secondary N) is 1. The topological polar surface area (TPSA) is 34.2 Å². The van der Waals surface area contributed by atoms with Gasteiger partial charge in [-0.3, -0.25) is 4.98 Å². The number of benzene rings is 1. The van der Waals surface area contributed by atoms with Crippen LogP contribution in [0.15, 0.2) is 42.7 Å². The molecule has 0 radical (unpaired) electrons. The van der Waals surface area contributed by atoms with Crippen molar-refractivity contribution in [3.8, 4) is 5.75 Å². The minimum absolute atomic E-state index is 0.104. The Morgan fingerprint density at radius 1 is 1.26 bits per heavy atom. The molecule has 23 heavy (non-hydrogen) atoms. The highest BCUT2D eigenvalue weighted by Crippen LogP contribution is 2.41. The van der Waals surface area contributed by atoms with E-state index in [9.17, 15) is 0 Å². The molecule has 0 spiro atoms. The van der Waals surface area contributed by atoms with Crippen LogP contribution < -0.4 is 10.1 Å². The van der Waals surface area contributed by atoms with Gasteiger partial charge in [-0.15, -0.1) is 0 Å². The molecule has 3 nitrogen and oxygen atoms in total. The predicted molar refractivity (Wildman–Crippen MR) is 93.6 cm³/mol. The molecule has 1 aromatic carbocycles. The Kier molecular flexibility index (Phi) is 4.67. The summed E-state index contributed by atoms with van der Waals surface area (Å²) in [5, 5.41) is 3.71. The van der Waals surface area contributed by atoms with Gasteiger partial charge in [-0.2, -0.15) is 0 Å². The summed E-state index contributed by atoms with van der Waals surface area (Å²) >= 11 is 0. The Labute approximate surface area is 139 Å². The number of aryl methyl sites for hydroxylation is 1. The zero-order valence-electron chi connectivity index (χ0n) is 14.3. The molecule has 2 heterocycles. The van der Waals surface area contributed by atoms with E-state index in [2.05, 4.69) is 55.3 Å². The molecule has 2 atom stereocenters. The molecule has 0 amide bonds. The molecule has 0 aliphatic carbocycles. The van der Waals surface area contributed by atoms with Crippen molar-refractivity contribution in [1.29, 1.82) is 0 Å². The standard InChI is InChI=1S/C20H26N2O/c1-4-15-8-9-19-17(11-15)18(12-20(3,5-2)23-19)22-14-16-7-6-10-21-13-16/h6-11,13,18,22H,4-5,12,14H2,1-3H3. The molecule has 1 aliphatic heterocycles. The summed E-state index contributed by atoms with van der Waals surface area (Å²) < 4.78 is 6.30. The van der Waals surface area contributed by atoms with E-state index in [0.29, 0.717) is 6.04 Å². The van der Waals surface area contributed by atoms with E-state index in [1.807, 2.05) is 18.5 Å². The maximum atomic E-state index is 6.30. The van der Waals surface area contributed by atoms with Crippen LogP contribution in [0.2, 0.25) is 0 Å². The second kappa shape index (κ2) is 6.71. The van der Waals surface area contributed by atoms with Crippen molar-refractivity contribution < 1.29 is 4.74 Å². The molecule has 1 N–H and O–H groups in total. The number of hydrogen-bond donors (Lipinski definition) is 1. The van der Waals surface area contributed by atoms with E-state index < -0.39 is 0 Å². The maximum Gasteiger partial charge on any atom is 0.124 e. The van der Waals surface area contributed by atoms with Crippen LogP contribution in [0.4, 0.5) is 0 Å². The van der Waals surface area contributed by atoms with Crippen LogP contribution in [0, 0.1) is 0 Å². The van der Waals surface area contributed by atoms with Gasteiger partial charge >= 0.3 is 0 Å². The Morgan fingerprint density at radius 3 is 2.83 bits per heavy atom. The average molecular weight is 310 g/mol. The van der Waals surface area contributed by atoms with E-state index in [1.165, 1.54) is 16.7 Å². The molecular formula is C20H26N2O. The average Bonchev–Trinajstić information content (AvgIpc) is 2.60. The highest BCUT2D eigenvalue weighted by molar-refractivity contribution is 5.42. The second-order valence-electron chi connectivity index (χ2n) is 6.63. The van der Waals surface area contributed by atoms with E-state index in [1.54, 1.807) is 0 Å². The van der Waals surface area contributed by atoms with Crippen LogP contribution in [-0.2, 0) is 13.0 Å². The summed E-state index contributed by atoms with van der Waals surface area (Å²) in [4.78, 5) is 4.20. The molecule has 1 aromatic heterocycles. The monoisotopic (exact) mass is 310 g/mol. The lowest BCUT2D eigenvalue weighted by Crippen LogP contribution is -2.41. The first-order chi connectivity index (χ1) is 11.1. The summed E-state index contributed by atoms with van der Waals surface area (Å²) in [6.45, 7) is 7.43. The Bertz CT molecular complexity index is 656. The first-order valence-corrected chi connectivity index (χ1v) is 8.57. The fraction of sp³-hybridized carbons (Fsp3) is 0.450. The minimum Gasteiger partial charge on any atom is -0.487 e. The van der Waals surface area contributed by atoms with Crippen molar-refractivity contribution in [1.82, 2.24) is 10.3 Å². The first-order valence-electron chi connectivity index (χ1n) is 8.57. The van der Waals surface area contributed by atoms with Gasteiger partial charge in [-0.1, -0.05) is 32.0 Å². The molecule has 2 unspecified atom stereocenters. The quantitative estimate of drug-likeness (QED) is 0.887. The van der Waals surface area contributed by atoms with E-state index in [0.717, 1.165) is 31.6 Å². The van der Waals surface area contributed by atoms with Crippen molar-refractivity contribution in [2.45, 2.75) is 58.2 Å². The highest BCUT2D eigenvalue weighted by atomic mass is 16.5. The molecule has 2 aromatic rings. The highest BCUT2D eigenvalue weighted by Gasteiger charge is 2.35. The van der Waals surface area contributed by atoms with Crippen LogP contribution in [0.1, 0.15) is 56.3 Å². The number of fused-ring (bicyclic) bond motifs is 1. The van der Waals surface area contributed by atoms with E-state index in [-0.39, 0.29) is 5.60 Å². The van der Waals surface area contributed by atoms with E-state index in [4.69, 9.17) is 4.74 Å². The Balaban J connectivity index is 1.85. The summed E-state index contributed by atoms with van der Waals surface area (Å²) in [6.07, 6.45) is 6.79. The number of hydrogen-bond acceptors (Lipinski definition) is 3. The molecule has 0 fully saturated rings. The lowest BCUT2D eigenvalue weighted by atomic mass is 9.86. The second-order valence-corrected chi connectivity index (χ2v) is 6.63. The third kappa shape index (κ3) is 3.56. The van der Waals surface area contributed by atoms with Crippen LogP contribution in [0.5, 0.6) is 5.75 Å². The predicted octanol–water partition coefficient (Wildman–Crippen LogP) is 4.43. The van der Waals surface area contributed by atoms with Crippen molar-refractivity contribution in [3.63, 3.8) is 0 Å². The normalized spacial score (nSPS) is 23.2. The number of nitrogens with zero attached hydrogens (tertiary/aromatic N) is 1. The van der Waals surface area contributed by atoms with Gasteiger partial charge in [-0.05, 0) is 43.0 Å². The van der Waals surface area contributed by atoms with Crippen LogP contribution >= 0.6 is 0 Å². The molecular weight excluding hydrogens is 284 g/mol. The van der Waals surface area contributed by atoms with Gasteiger partial charge in [0.15, 0.2) is 0 Å². The number of aromatic nitrogens is 1. The van der Waals surface area contributed by atoms with Crippen molar-refractivity contribution >= 4 is 0 Å². The van der Waals surface area contributed by atoms with Crippen molar-refractivity contribution in [2.75, 3.05) is 0 Å². The molecule has 0 saturated carbocycles. The first kappa shape index (κ1) is 16.0. The Hall–Kier alpha value is -1.87. The smallest absolute Gasteiger partial charge is 0.124 e. The van der Waals surface area contributed by atoms with Gasteiger partial charge in [0, 0.05) is 37.0 Å². The zero-order chi connectivity index (χ0) is 16.3. The van der Waals surface area contributed by atoms with Gasteiger partial charge in [0.25, 0.3) is 0 Å². The summed E-state index contributed by atoms with van der Waals surface area (Å²) in [6, 6.07) is 11.0. The summed E-state index contributed by atoms with van der Waals surface area (Å²) in [5.74, 6) is 1.03.